The Balaban J connectivity index is 0.926. The zero-order chi connectivity index (χ0) is 40.8. The number of hydrogen-bond acceptors (Lipinski definition) is 4. The number of furan rings is 1. The van der Waals surface area contributed by atoms with Crippen molar-refractivity contribution < 1.29 is 4.42 Å². The van der Waals surface area contributed by atoms with E-state index in [1.165, 1.54) is 50.1 Å². The smallest absolute Gasteiger partial charge is 0.164 e. The van der Waals surface area contributed by atoms with Crippen molar-refractivity contribution in [2.75, 3.05) is 0 Å². The molecule has 9 aromatic carbocycles. The monoisotopic (exact) mass is 789 g/mol. The van der Waals surface area contributed by atoms with Crippen molar-refractivity contribution in [1.29, 1.82) is 0 Å². The van der Waals surface area contributed by atoms with Crippen molar-refractivity contribution in [3.63, 3.8) is 0 Å². The molecule has 0 N–H and O–H groups in total. The van der Waals surface area contributed by atoms with Crippen molar-refractivity contribution in [2.24, 2.45) is 0 Å². The average molecular weight is 790 g/mol. The number of para-hydroxylation sites is 1. The van der Waals surface area contributed by atoms with Gasteiger partial charge < -0.3 is 4.42 Å². The standard InChI is InChI=1S/C58H35N3O/c1-2-14-37(15-3-1)55-59-56(61-57(60-55)47-21-5-4-16-41(47)40-31-33-54-48(34-40)46-20-9-13-25-53(46)62-54)38-28-26-36(27-29-38)39-30-32-45-44-19-8-12-24-51(44)58(52(45)35-39)49-22-10-6-17-42(49)43-18-7-11-23-50(43)58/h1-35H. The Bertz CT molecular complexity index is 3520. The molecule has 0 amide bonds. The van der Waals surface area contributed by atoms with Crippen LogP contribution in [0, 0.1) is 0 Å². The molecule has 2 heterocycles. The number of fused-ring (bicyclic) bond motifs is 13. The van der Waals surface area contributed by atoms with Crippen LogP contribution in [0.5, 0.6) is 0 Å². The highest BCUT2D eigenvalue weighted by atomic mass is 16.3. The van der Waals surface area contributed by atoms with Gasteiger partial charge in [0.25, 0.3) is 0 Å². The molecule has 62 heavy (non-hydrogen) atoms. The number of hydrogen-bond donors (Lipinski definition) is 0. The van der Waals surface area contributed by atoms with Gasteiger partial charge in [0.2, 0.25) is 0 Å². The molecule has 0 unspecified atom stereocenters. The third-order valence-corrected chi connectivity index (χ3v) is 13.0. The maximum atomic E-state index is 6.17. The van der Waals surface area contributed by atoms with E-state index in [9.17, 15) is 0 Å². The lowest BCUT2D eigenvalue weighted by Gasteiger charge is -2.30. The molecule has 11 aromatic rings. The second kappa shape index (κ2) is 13.4. The summed E-state index contributed by atoms with van der Waals surface area (Å²) in [5.74, 6) is 1.86. The van der Waals surface area contributed by atoms with E-state index in [4.69, 9.17) is 19.4 Å². The predicted molar refractivity (Wildman–Crippen MR) is 251 cm³/mol. The Hall–Kier alpha value is -8.21. The van der Waals surface area contributed by atoms with Crippen molar-refractivity contribution in [3.05, 3.63) is 235 Å². The molecule has 0 radical (unpaired) electrons. The van der Waals surface area contributed by atoms with Gasteiger partial charge in [-0.25, -0.2) is 15.0 Å². The van der Waals surface area contributed by atoms with Crippen LogP contribution < -0.4 is 0 Å². The molecule has 1 spiro atoms. The SMILES string of the molecule is c1ccc(-c2nc(-c3ccc(-c4ccc5c(c4)C4(c6ccccc6-c6ccccc64)c4ccccc4-5)cc3)nc(-c3ccccc3-c3ccc4oc5ccccc5c4c3)n2)cc1. The molecule has 0 saturated heterocycles. The molecule has 4 nitrogen and oxygen atoms in total. The summed E-state index contributed by atoms with van der Waals surface area (Å²) < 4.78 is 6.17. The van der Waals surface area contributed by atoms with Gasteiger partial charge in [-0.2, -0.15) is 0 Å². The first-order valence-electron chi connectivity index (χ1n) is 21.1. The van der Waals surface area contributed by atoms with Crippen LogP contribution in [0.1, 0.15) is 22.3 Å². The summed E-state index contributed by atoms with van der Waals surface area (Å²) in [5, 5.41) is 2.17. The van der Waals surface area contributed by atoms with E-state index in [0.29, 0.717) is 17.5 Å². The summed E-state index contributed by atoms with van der Waals surface area (Å²) in [5.41, 5.74) is 19.1. The number of nitrogens with zero attached hydrogens (tertiary/aromatic N) is 3. The van der Waals surface area contributed by atoms with E-state index >= 15 is 0 Å². The molecule has 0 saturated carbocycles. The summed E-state index contributed by atoms with van der Waals surface area (Å²) in [4.78, 5) is 15.4. The van der Waals surface area contributed by atoms with Crippen molar-refractivity contribution in [2.45, 2.75) is 5.41 Å². The highest BCUT2D eigenvalue weighted by Gasteiger charge is 2.51. The molecular weight excluding hydrogens is 755 g/mol. The van der Waals surface area contributed by atoms with Gasteiger partial charge in [0.1, 0.15) is 11.2 Å². The van der Waals surface area contributed by atoms with E-state index in [1.54, 1.807) is 0 Å². The maximum Gasteiger partial charge on any atom is 0.164 e. The van der Waals surface area contributed by atoms with Gasteiger partial charge in [-0.15, -0.1) is 0 Å². The van der Waals surface area contributed by atoms with E-state index in [2.05, 4.69) is 176 Å². The third-order valence-electron chi connectivity index (χ3n) is 13.0. The summed E-state index contributed by atoms with van der Waals surface area (Å²) in [6.07, 6.45) is 0. The highest BCUT2D eigenvalue weighted by Crippen LogP contribution is 2.63. The lowest BCUT2D eigenvalue weighted by Crippen LogP contribution is -2.25. The number of benzene rings is 9. The van der Waals surface area contributed by atoms with Gasteiger partial charge in [0.05, 0.1) is 5.41 Å². The van der Waals surface area contributed by atoms with Crippen LogP contribution in [0.4, 0.5) is 0 Å². The van der Waals surface area contributed by atoms with Crippen LogP contribution in [-0.4, -0.2) is 15.0 Å². The number of rotatable bonds is 5. The van der Waals surface area contributed by atoms with Gasteiger partial charge in [-0.1, -0.05) is 188 Å². The fraction of sp³-hybridized carbons (Fsp3) is 0.0172. The second-order valence-corrected chi connectivity index (χ2v) is 16.3. The molecule has 2 aliphatic carbocycles. The molecule has 288 valence electrons. The first kappa shape index (κ1) is 34.6. The Labute approximate surface area is 358 Å². The number of aromatic nitrogens is 3. The van der Waals surface area contributed by atoms with E-state index < -0.39 is 5.41 Å². The minimum absolute atomic E-state index is 0.390. The average Bonchev–Trinajstić information content (AvgIpc) is 3.98. The zero-order valence-corrected chi connectivity index (χ0v) is 33.5. The van der Waals surface area contributed by atoms with E-state index in [0.717, 1.165) is 55.3 Å². The normalized spacial score (nSPS) is 13.0. The fourth-order valence-electron chi connectivity index (χ4n) is 10.3. The summed E-state index contributed by atoms with van der Waals surface area (Å²) in [7, 11) is 0. The minimum Gasteiger partial charge on any atom is -0.456 e. The molecule has 0 aliphatic heterocycles. The molecule has 0 atom stereocenters. The van der Waals surface area contributed by atoms with Crippen molar-refractivity contribution in [3.8, 4) is 78.7 Å². The quantitative estimate of drug-likeness (QED) is 0.174. The van der Waals surface area contributed by atoms with Crippen molar-refractivity contribution >= 4 is 21.9 Å². The predicted octanol–water partition coefficient (Wildman–Crippen LogP) is 14.4. The van der Waals surface area contributed by atoms with Gasteiger partial charge in [-0.3, -0.25) is 0 Å². The van der Waals surface area contributed by atoms with Crippen LogP contribution >= 0.6 is 0 Å². The first-order valence-corrected chi connectivity index (χ1v) is 21.1. The van der Waals surface area contributed by atoms with Gasteiger partial charge in [0, 0.05) is 27.5 Å². The molecule has 4 heteroatoms. The summed E-state index contributed by atoms with van der Waals surface area (Å²) in [6.45, 7) is 0. The van der Waals surface area contributed by atoms with Gasteiger partial charge in [-0.05, 0) is 91.0 Å². The lowest BCUT2D eigenvalue weighted by atomic mass is 9.70. The Morgan fingerprint density at radius 2 is 0.742 bits per heavy atom. The molecule has 0 fully saturated rings. The van der Waals surface area contributed by atoms with E-state index in [-0.39, 0.29) is 0 Å². The zero-order valence-electron chi connectivity index (χ0n) is 33.5. The highest BCUT2D eigenvalue weighted by molar-refractivity contribution is 6.06. The Morgan fingerprint density at radius 3 is 1.42 bits per heavy atom. The first-order chi connectivity index (χ1) is 30.7. The van der Waals surface area contributed by atoms with Gasteiger partial charge in [0.15, 0.2) is 17.5 Å². The minimum atomic E-state index is -0.390. The molecular formula is C58H35N3O. The van der Waals surface area contributed by atoms with Crippen LogP contribution in [-0.2, 0) is 5.41 Å². The topological polar surface area (TPSA) is 51.8 Å². The third kappa shape index (κ3) is 5.04. The van der Waals surface area contributed by atoms with Crippen LogP contribution in [0.25, 0.3) is 101 Å². The van der Waals surface area contributed by atoms with Gasteiger partial charge >= 0.3 is 0 Å². The van der Waals surface area contributed by atoms with E-state index in [1.807, 2.05) is 36.4 Å². The van der Waals surface area contributed by atoms with Crippen LogP contribution in [0.3, 0.4) is 0 Å². The summed E-state index contributed by atoms with van der Waals surface area (Å²) in [6, 6.07) is 75.7. The molecule has 2 aromatic heterocycles. The Kier molecular flexibility index (Phi) is 7.49. The largest absolute Gasteiger partial charge is 0.456 e. The maximum absolute atomic E-state index is 6.17. The molecule has 0 bridgehead atoms. The van der Waals surface area contributed by atoms with Crippen LogP contribution in [0.15, 0.2) is 217 Å². The molecule has 2 aliphatic rings. The Morgan fingerprint density at radius 1 is 0.274 bits per heavy atom. The summed E-state index contributed by atoms with van der Waals surface area (Å²) >= 11 is 0. The molecule has 13 rings (SSSR count). The van der Waals surface area contributed by atoms with Crippen LogP contribution in [0.2, 0.25) is 0 Å². The second-order valence-electron chi connectivity index (χ2n) is 16.3. The fourth-order valence-corrected chi connectivity index (χ4v) is 10.3. The lowest BCUT2D eigenvalue weighted by molar-refractivity contribution is 0.669. The van der Waals surface area contributed by atoms with Crippen molar-refractivity contribution in [1.82, 2.24) is 15.0 Å².